The zero-order chi connectivity index (χ0) is 9.19. The molecular weight excluding hydrogens is 156 g/mol. The lowest BCUT2D eigenvalue weighted by atomic mass is 10.1. The molecule has 0 aliphatic carbocycles. The van der Waals surface area contributed by atoms with Gasteiger partial charge in [0.2, 0.25) is 0 Å². The van der Waals surface area contributed by atoms with Crippen molar-refractivity contribution < 1.29 is 14.3 Å². The van der Waals surface area contributed by atoms with Gasteiger partial charge in [0.1, 0.15) is 5.60 Å². The van der Waals surface area contributed by atoms with E-state index in [4.69, 9.17) is 9.47 Å². The Kier molecular flexibility index (Phi) is 2.52. The second-order valence-electron chi connectivity index (χ2n) is 3.03. The molecule has 0 spiro atoms. The number of hydrogen-bond acceptors (Lipinski definition) is 3. The maximum atomic E-state index is 10.9. The van der Waals surface area contributed by atoms with Gasteiger partial charge in [-0.2, -0.15) is 0 Å². The summed E-state index contributed by atoms with van der Waals surface area (Å²) in [7, 11) is 0. The first-order chi connectivity index (χ1) is 5.58. The maximum absolute atomic E-state index is 10.9. The predicted molar refractivity (Wildman–Crippen MR) is 44.7 cm³/mol. The number of hydrogen-bond donors (Lipinski definition) is 0. The summed E-state index contributed by atoms with van der Waals surface area (Å²) < 4.78 is 9.96. The highest BCUT2D eigenvalue weighted by atomic mass is 16.6. The third kappa shape index (κ3) is 2.08. The zero-order valence-electron chi connectivity index (χ0n) is 7.66. The zero-order valence-corrected chi connectivity index (χ0v) is 7.66. The number of carbonyl (C=O) groups excluding carboxylic acids is 1. The molecule has 0 bridgehead atoms. The molecular formula is C9H14O3. The van der Waals surface area contributed by atoms with Crippen molar-refractivity contribution in [1.29, 1.82) is 0 Å². The summed E-state index contributed by atoms with van der Waals surface area (Å²) in [6.07, 6.45) is 3.38. The molecule has 1 heterocycles. The Morgan fingerprint density at radius 2 is 2.33 bits per heavy atom. The molecule has 1 aliphatic heterocycles. The van der Waals surface area contributed by atoms with Crippen LogP contribution in [0.3, 0.4) is 0 Å². The summed E-state index contributed by atoms with van der Waals surface area (Å²) in [6, 6.07) is 0. The van der Waals surface area contributed by atoms with E-state index in [1.54, 1.807) is 13.0 Å². The highest BCUT2D eigenvalue weighted by molar-refractivity contribution is 5.82. The molecule has 0 unspecified atom stereocenters. The average Bonchev–Trinajstić information content (AvgIpc) is 2.58. The van der Waals surface area contributed by atoms with E-state index in [0.29, 0.717) is 6.61 Å². The summed E-state index contributed by atoms with van der Waals surface area (Å²) in [5.74, 6) is -0.304. The maximum Gasteiger partial charge on any atom is 0.330 e. The summed E-state index contributed by atoms with van der Waals surface area (Å²) in [4.78, 5) is 10.9. The molecule has 0 amide bonds. The van der Waals surface area contributed by atoms with E-state index in [9.17, 15) is 4.79 Å². The van der Waals surface area contributed by atoms with Crippen molar-refractivity contribution >= 4 is 5.97 Å². The quantitative estimate of drug-likeness (QED) is 0.364. The lowest BCUT2D eigenvalue weighted by Crippen LogP contribution is -2.06. The first-order valence-corrected chi connectivity index (χ1v) is 4.12. The van der Waals surface area contributed by atoms with Gasteiger partial charge in [-0.3, -0.25) is 0 Å². The van der Waals surface area contributed by atoms with Crippen LogP contribution in [0.4, 0.5) is 0 Å². The molecule has 0 aromatic carbocycles. The van der Waals surface area contributed by atoms with E-state index in [2.05, 4.69) is 0 Å². The molecule has 0 saturated carbocycles. The minimum atomic E-state index is -0.304. The topological polar surface area (TPSA) is 38.8 Å². The SMILES string of the molecule is CCOC(=O)/C=C/[C@@]1(C)O[C@H]1C. The number of esters is 1. The lowest BCUT2D eigenvalue weighted by molar-refractivity contribution is -0.137. The molecule has 3 nitrogen and oxygen atoms in total. The first kappa shape index (κ1) is 9.26. The van der Waals surface area contributed by atoms with Crippen LogP contribution in [-0.4, -0.2) is 24.3 Å². The van der Waals surface area contributed by atoms with Gasteiger partial charge in [0.15, 0.2) is 0 Å². The van der Waals surface area contributed by atoms with Crippen LogP contribution in [0.5, 0.6) is 0 Å². The fourth-order valence-electron chi connectivity index (χ4n) is 0.946. The monoisotopic (exact) mass is 170 g/mol. The van der Waals surface area contributed by atoms with Crippen LogP contribution in [0.2, 0.25) is 0 Å². The van der Waals surface area contributed by atoms with Gasteiger partial charge in [0, 0.05) is 6.08 Å². The van der Waals surface area contributed by atoms with E-state index in [1.807, 2.05) is 13.8 Å². The largest absolute Gasteiger partial charge is 0.463 e. The number of ether oxygens (including phenoxy) is 2. The number of carbonyl (C=O) groups is 1. The Labute approximate surface area is 72.4 Å². The van der Waals surface area contributed by atoms with Crippen molar-refractivity contribution in [2.45, 2.75) is 32.5 Å². The van der Waals surface area contributed by atoms with Gasteiger partial charge in [-0.05, 0) is 26.8 Å². The van der Waals surface area contributed by atoms with E-state index >= 15 is 0 Å². The molecule has 1 aliphatic rings. The molecule has 0 aromatic heterocycles. The average molecular weight is 170 g/mol. The van der Waals surface area contributed by atoms with Crippen molar-refractivity contribution in [1.82, 2.24) is 0 Å². The molecule has 68 valence electrons. The third-order valence-electron chi connectivity index (χ3n) is 2.02. The van der Waals surface area contributed by atoms with Crippen LogP contribution in [0.15, 0.2) is 12.2 Å². The highest BCUT2D eigenvalue weighted by Gasteiger charge is 2.46. The summed E-state index contributed by atoms with van der Waals surface area (Å²) >= 11 is 0. The Hall–Kier alpha value is -0.830. The Morgan fingerprint density at radius 3 is 2.75 bits per heavy atom. The molecule has 1 saturated heterocycles. The van der Waals surface area contributed by atoms with Crippen molar-refractivity contribution in [2.75, 3.05) is 6.61 Å². The second kappa shape index (κ2) is 3.27. The van der Waals surface area contributed by atoms with Crippen molar-refractivity contribution in [2.24, 2.45) is 0 Å². The van der Waals surface area contributed by atoms with E-state index in [0.717, 1.165) is 0 Å². The molecule has 0 aromatic rings. The predicted octanol–water partition coefficient (Wildman–Crippen LogP) is 1.28. The van der Waals surface area contributed by atoms with Gasteiger partial charge < -0.3 is 9.47 Å². The molecule has 3 heteroatoms. The van der Waals surface area contributed by atoms with Crippen molar-refractivity contribution in [3.05, 3.63) is 12.2 Å². The Balaban J connectivity index is 2.35. The van der Waals surface area contributed by atoms with Crippen molar-refractivity contribution in [3.63, 3.8) is 0 Å². The summed E-state index contributed by atoms with van der Waals surface area (Å²) in [6.45, 7) is 6.10. The molecule has 2 atom stereocenters. The molecule has 12 heavy (non-hydrogen) atoms. The standard InChI is InChI=1S/C9H14O3/c1-4-11-8(10)5-6-9(3)7(2)12-9/h5-7H,4H2,1-3H3/b6-5+/t7-,9+/m0/s1. The van der Waals surface area contributed by atoms with E-state index < -0.39 is 0 Å². The third-order valence-corrected chi connectivity index (χ3v) is 2.02. The Morgan fingerprint density at radius 1 is 1.75 bits per heavy atom. The molecule has 0 N–H and O–H groups in total. The molecule has 1 rings (SSSR count). The van der Waals surface area contributed by atoms with Crippen LogP contribution in [0.25, 0.3) is 0 Å². The van der Waals surface area contributed by atoms with Gasteiger partial charge in [0.05, 0.1) is 12.7 Å². The second-order valence-corrected chi connectivity index (χ2v) is 3.03. The van der Waals surface area contributed by atoms with Gasteiger partial charge in [0.25, 0.3) is 0 Å². The first-order valence-electron chi connectivity index (χ1n) is 4.12. The number of epoxide rings is 1. The highest BCUT2D eigenvalue weighted by Crippen LogP contribution is 2.36. The van der Waals surface area contributed by atoms with Gasteiger partial charge in [-0.1, -0.05) is 0 Å². The normalized spacial score (nSPS) is 33.8. The lowest BCUT2D eigenvalue weighted by Gasteiger charge is -1.96. The summed E-state index contributed by atoms with van der Waals surface area (Å²) in [5.41, 5.74) is -0.243. The van der Waals surface area contributed by atoms with E-state index in [1.165, 1.54) is 6.08 Å². The van der Waals surface area contributed by atoms with Gasteiger partial charge >= 0.3 is 5.97 Å². The minimum Gasteiger partial charge on any atom is -0.463 e. The van der Waals surface area contributed by atoms with Crippen LogP contribution in [-0.2, 0) is 14.3 Å². The summed E-state index contributed by atoms with van der Waals surface area (Å²) in [5, 5.41) is 0. The molecule has 1 fully saturated rings. The van der Waals surface area contributed by atoms with Crippen molar-refractivity contribution in [3.8, 4) is 0 Å². The van der Waals surface area contributed by atoms with Crippen LogP contribution in [0.1, 0.15) is 20.8 Å². The van der Waals surface area contributed by atoms with Crippen LogP contribution < -0.4 is 0 Å². The van der Waals surface area contributed by atoms with E-state index in [-0.39, 0.29) is 17.7 Å². The van der Waals surface area contributed by atoms with Crippen LogP contribution >= 0.6 is 0 Å². The smallest absolute Gasteiger partial charge is 0.330 e. The van der Waals surface area contributed by atoms with Gasteiger partial charge in [-0.15, -0.1) is 0 Å². The van der Waals surface area contributed by atoms with Crippen LogP contribution in [0, 0.1) is 0 Å². The minimum absolute atomic E-state index is 0.211. The fraction of sp³-hybridized carbons (Fsp3) is 0.667. The Bertz CT molecular complexity index is 210. The van der Waals surface area contributed by atoms with Gasteiger partial charge in [-0.25, -0.2) is 4.79 Å². The number of rotatable bonds is 3. The molecule has 0 radical (unpaired) electrons. The fourth-order valence-corrected chi connectivity index (χ4v) is 0.946.